The summed E-state index contributed by atoms with van der Waals surface area (Å²) in [6.45, 7) is 15.5. The summed E-state index contributed by atoms with van der Waals surface area (Å²) < 4.78 is 0. The summed E-state index contributed by atoms with van der Waals surface area (Å²) in [7, 11) is 0. The van der Waals surface area contributed by atoms with Gasteiger partial charge in [-0.2, -0.15) is 0 Å². The molecule has 0 aromatic heterocycles. The lowest BCUT2D eigenvalue weighted by Crippen LogP contribution is -2.56. The zero-order valence-corrected chi connectivity index (χ0v) is 13.6. The molecule has 4 heteroatoms. The van der Waals surface area contributed by atoms with E-state index in [1.165, 1.54) is 0 Å². The van der Waals surface area contributed by atoms with Gasteiger partial charge in [-0.3, -0.25) is 9.59 Å². The van der Waals surface area contributed by atoms with Crippen molar-refractivity contribution in [3.8, 4) is 0 Å². The van der Waals surface area contributed by atoms with Crippen LogP contribution in [0, 0.1) is 11.8 Å². The molecule has 0 aliphatic heterocycles. The lowest BCUT2D eigenvalue weighted by atomic mass is 9.97. The lowest BCUT2D eigenvalue weighted by molar-refractivity contribution is -0.130. The highest BCUT2D eigenvalue weighted by Crippen LogP contribution is 2.09. The van der Waals surface area contributed by atoms with Gasteiger partial charge in [0.25, 0.3) is 0 Å². The summed E-state index contributed by atoms with van der Waals surface area (Å²) in [5.41, 5.74) is -0.141. The number of nitrogens with one attached hydrogen (secondary N) is 2. The second-order valence-electron chi connectivity index (χ2n) is 6.90. The molecule has 0 saturated heterocycles. The Balaban J connectivity index is 4.71. The second-order valence-corrected chi connectivity index (χ2v) is 6.90. The normalized spacial score (nSPS) is 15.5. The molecule has 4 nitrogen and oxygen atoms in total. The van der Waals surface area contributed by atoms with Gasteiger partial charge in [-0.15, -0.1) is 0 Å². The van der Waals surface area contributed by atoms with Crippen LogP contribution in [0.5, 0.6) is 0 Å². The predicted molar refractivity (Wildman–Crippen MR) is 79.0 cm³/mol. The van der Waals surface area contributed by atoms with Crippen molar-refractivity contribution in [3.63, 3.8) is 0 Å². The molecular weight excluding hydrogens is 240 g/mol. The van der Waals surface area contributed by atoms with Gasteiger partial charge in [0.2, 0.25) is 5.91 Å². The average molecular weight is 270 g/mol. The van der Waals surface area contributed by atoms with Gasteiger partial charge in [0.1, 0.15) is 0 Å². The van der Waals surface area contributed by atoms with Crippen LogP contribution >= 0.6 is 0 Å². The van der Waals surface area contributed by atoms with Crippen LogP contribution in [-0.4, -0.2) is 29.3 Å². The molecule has 0 aliphatic rings. The van der Waals surface area contributed by atoms with Crippen LogP contribution in [0.3, 0.4) is 0 Å². The molecule has 2 N–H and O–H groups in total. The quantitative estimate of drug-likeness (QED) is 0.777. The van der Waals surface area contributed by atoms with Gasteiger partial charge >= 0.3 is 0 Å². The van der Waals surface area contributed by atoms with E-state index in [1.807, 2.05) is 48.5 Å². The van der Waals surface area contributed by atoms with E-state index in [4.69, 9.17) is 0 Å². The molecule has 0 saturated carbocycles. The Morgan fingerprint density at radius 2 is 1.42 bits per heavy atom. The van der Waals surface area contributed by atoms with E-state index in [9.17, 15) is 9.59 Å². The Hall–Kier alpha value is -0.900. The van der Waals surface area contributed by atoms with Gasteiger partial charge < -0.3 is 10.6 Å². The monoisotopic (exact) mass is 270 g/mol. The molecule has 1 amide bonds. The van der Waals surface area contributed by atoms with E-state index < -0.39 is 6.04 Å². The van der Waals surface area contributed by atoms with Crippen molar-refractivity contribution in [2.24, 2.45) is 11.8 Å². The third-order valence-electron chi connectivity index (χ3n) is 2.89. The molecule has 0 spiro atoms. The van der Waals surface area contributed by atoms with Crippen LogP contribution in [0.25, 0.3) is 0 Å². The first kappa shape index (κ1) is 18.1. The van der Waals surface area contributed by atoms with Crippen molar-refractivity contribution in [2.75, 3.05) is 0 Å². The molecule has 112 valence electrons. The van der Waals surface area contributed by atoms with Crippen LogP contribution < -0.4 is 10.6 Å². The first-order chi connectivity index (χ1) is 8.45. The highest BCUT2D eigenvalue weighted by Gasteiger charge is 2.28. The Morgan fingerprint density at radius 1 is 0.947 bits per heavy atom. The average Bonchev–Trinajstić information content (AvgIpc) is 2.22. The van der Waals surface area contributed by atoms with Crippen molar-refractivity contribution in [2.45, 2.75) is 73.0 Å². The fraction of sp³-hybridized carbons (Fsp3) is 0.867. The SMILES string of the molecule is CC(C)C(=O)C(C)NC(=O)C(NC(C)(C)C)C(C)C. The Morgan fingerprint density at radius 3 is 1.74 bits per heavy atom. The molecule has 0 fully saturated rings. The number of Topliss-reactive ketones (excluding diaryl/α,β-unsaturated/α-hetero) is 1. The van der Waals surface area contributed by atoms with E-state index in [0.29, 0.717) is 0 Å². The third-order valence-corrected chi connectivity index (χ3v) is 2.89. The maximum absolute atomic E-state index is 12.3. The molecule has 0 aliphatic carbocycles. The standard InChI is InChI=1S/C15H30N2O2/c1-9(2)12(17-15(6,7)8)14(19)16-11(5)13(18)10(3)4/h9-12,17H,1-8H3,(H,16,19). The van der Waals surface area contributed by atoms with Crippen LogP contribution in [-0.2, 0) is 9.59 Å². The fourth-order valence-corrected chi connectivity index (χ4v) is 1.88. The van der Waals surface area contributed by atoms with Gasteiger partial charge in [0.05, 0.1) is 12.1 Å². The summed E-state index contributed by atoms with van der Waals surface area (Å²) in [5, 5.41) is 6.12. The Bertz CT molecular complexity index is 317. The van der Waals surface area contributed by atoms with Gasteiger partial charge in [0.15, 0.2) is 5.78 Å². The Kier molecular flexibility index (Phi) is 6.70. The number of rotatable bonds is 6. The molecule has 0 aromatic rings. The first-order valence-electron chi connectivity index (χ1n) is 7.07. The van der Waals surface area contributed by atoms with E-state index in [1.54, 1.807) is 6.92 Å². The number of hydrogen-bond donors (Lipinski definition) is 2. The number of amides is 1. The van der Waals surface area contributed by atoms with Crippen molar-refractivity contribution < 1.29 is 9.59 Å². The molecule has 0 heterocycles. The maximum Gasteiger partial charge on any atom is 0.237 e. The van der Waals surface area contributed by atoms with Crippen molar-refractivity contribution in [3.05, 3.63) is 0 Å². The summed E-state index contributed by atoms with van der Waals surface area (Å²) in [6.07, 6.45) is 0. The topological polar surface area (TPSA) is 58.2 Å². The summed E-state index contributed by atoms with van der Waals surface area (Å²) in [4.78, 5) is 24.1. The molecule has 2 atom stereocenters. The predicted octanol–water partition coefficient (Wildman–Crippen LogP) is 2.13. The largest absolute Gasteiger partial charge is 0.345 e. The minimum atomic E-state index is -0.435. The molecule has 0 radical (unpaired) electrons. The minimum absolute atomic E-state index is 0.0617. The Labute approximate surface area is 117 Å². The van der Waals surface area contributed by atoms with E-state index in [-0.39, 0.29) is 35.1 Å². The van der Waals surface area contributed by atoms with Crippen molar-refractivity contribution in [1.82, 2.24) is 10.6 Å². The fourth-order valence-electron chi connectivity index (χ4n) is 1.88. The highest BCUT2D eigenvalue weighted by atomic mass is 16.2. The number of ketones is 1. The number of carbonyl (C=O) groups excluding carboxylic acids is 2. The zero-order valence-electron chi connectivity index (χ0n) is 13.6. The van der Waals surface area contributed by atoms with Crippen LogP contribution in [0.15, 0.2) is 0 Å². The molecule has 19 heavy (non-hydrogen) atoms. The van der Waals surface area contributed by atoms with Gasteiger partial charge in [-0.25, -0.2) is 0 Å². The smallest absolute Gasteiger partial charge is 0.237 e. The third kappa shape index (κ3) is 6.71. The minimum Gasteiger partial charge on any atom is -0.345 e. The van der Waals surface area contributed by atoms with Crippen molar-refractivity contribution >= 4 is 11.7 Å². The zero-order chi connectivity index (χ0) is 15.4. The summed E-state index contributed by atoms with van der Waals surface area (Å²) in [5.74, 6) is 0.0574. The number of carbonyl (C=O) groups is 2. The van der Waals surface area contributed by atoms with E-state index >= 15 is 0 Å². The van der Waals surface area contributed by atoms with Crippen LogP contribution in [0.1, 0.15) is 55.4 Å². The molecular formula is C15H30N2O2. The van der Waals surface area contributed by atoms with Crippen LogP contribution in [0.2, 0.25) is 0 Å². The van der Waals surface area contributed by atoms with E-state index in [0.717, 1.165) is 0 Å². The summed E-state index contributed by atoms with van der Waals surface area (Å²) >= 11 is 0. The van der Waals surface area contributed by atoms with Gasteiger partial charge in [0, 0.05) is 11.5 Å². The van der Waals surface area contributed by atoms with Crippen molar-refractivity contribution in [1.29, 1.82) is 0 Å². The molecule has 0 rings (SSSR count). The molecule has 2 unspecified atom stereocenters. The summed E-state index contributed by atoms with van der Waals surface area (Å²) in [6, 6.07) is -0.724. The highest BCUT2D eigenvalue weighted by molar-refractivity contribution is 5.91. The van der Waals surface area contributed by atoms with E-state index in [2.05, 4.69) is 10.6 Å². The maximum atomic E-state index is 12.3. The molecule has 0 bridgehead atoms. The number of hydrogen-bond acceptors (Lipinski definition) is 3. The second kappa shape index (κ2) is 7.04. The van der Waals surface area contributed by atoms with Crippen LogP contribution in [0.4, 0.5) is 0 Å². The van der Waals surface area contributed by atoms with Gasteiger partial charge in [-0.1, -0.05) is 27.7 Å². The van der Waals surface area contributed by atoms with Gasteiger partial charge in [-0.05, 0) is 33.6 Å². The lowest BCUT2D eigenvalue weighted by Gasteiger charge is -2.31. The molecule has 0 aromatic carbocycles. The first-order valence-corrected chi connectivity index (χ1v) is 7.07.